The van der Waals surface area contributed by atoms with Crippen LogP contribution in [0.2, 0.25) is 0 Å². The highest BCUT2D eigenvalue weighted by atomic mass is 32.2. The molecule has 0 saturated carbocycles. The molecule has 36 heavy (non-hydrogen) atoms. The number of hydrogen-bond acceptors (Lipinski definition) is 7. The molecule has 0 radical (unpaired) electrons. The molecule has 0 spiro atoms. The lowest BCUT2D eigenvalue weighted by molar-refractivity contribution is -0.0503. The van der Waals surface area contributed by atoms with E-state index in [1.165, 1.54) is 22.1 Å². The van der Waals surface area contributed by atoms with Crippen LogP contribution in [0, 0.1) is 0 Å². The summed E-state index contributed by atoms with van der Waals surface area (Å²) in [5, 5.41) is 0.660. The number of imidazole rings is 1. The maximum Gasteiger partial charge on any atom is 0.387 e. The Morgan fingerprint density at radius 2 is 1.94 bits per heavy atom. The summed E-state index contributed by atoms with van der Waals surface area (Å²) in [5.41, 5.74) is 1.97. The van der Waals surface area contributed by atoms with Gasteiger partial charge in [-0.05, 0) is 37.1 Å². The smallest absolute Gasteiger partial charge is 0.387 e. The second kappa shape index (κ2) is 11.0. The Hall–Kier alpha value is -2.25. The predicted octanol–water partition coefficient (Wildman–Crippen LogP) is 4.13. The molecule has 0 aliphatic carbocycles. The molecule has 5 rings (SSSR count). The molecule has 1 atom stereocenters. The quantitative estimate of drug-likeness (QED) is 0.378. The number of benzene rings is 2. The van der Waals surface area contributed by atoms with Crippen LogP contribution in [0.25, 0.3) is 11.0 Å². The van der Waals surface area contributed by atoms with Crippen LogP contribution in [0.5, 0.6) is 5.75 Å². The zero-order chi connectivity index (χ0) is 25.1. The van der Waals surface area contributed by atoms with Gasteiger partial charge in [0, 0.05) is 31.0 Å². The van der Waals surface area contributed by atoms with Gasteiger partial charge in [-0.15, -0.1) is 0 Å². The van der Waals surface area contributed by atoms with Crippen molar-refractivity contribution in [2.45, 2.75) is 47.9 Å². The summed E-state index contributed by atoms with van der Waals surface area (Å²) >= 11 is 1.39. The van der Waals surface area contributed by atoms with Crippen LogP contribution in [0.3, 0.4) is 0 Å². The first kappa shape index (κ1) is 25.4. The monoisotopic (exact) mass is 539 g/mol. The first-order chi connectivity index (χ1) is 17.4. The molecule has 0 amide bonds. The molecule has 3 heterocycles. The van der Waals surface area contributed by atoms with Crippen molar-refractivity contribution in [3.63, 3.8) is 0 Å². The number of alkyl halides is 2. The van der Waals surface area contributed by atoms with Gasteiger partial charge >= 0.3 is 6.61 Å². The van der Waals surface area contributed by atoms with Crippen LogP contribution in [-0.2, 0) is 31.8 Å². The topological polar surface area (TPSA) is 82.9 Å². The summed E-state index contributed by atoms with van der Waals surface area (Å²) in [6.07, 6.45) is 1.95. The van der Waals surface area contributed by atoms with Crippen LogP contribution in [-0.4, -0.2) is 67.9 Å². The van der Waals surface area contributed by atoms with E-state index in [4.69, 9.17) is 14.5 Å². The van der Waals surface area contributed by atoms with E-state index in [0.717, 1.165) is 18.4 Å². The number of sulfonamides is 1. The van der Waals surface area contributed by atoms with Gasteiger partial charge < -0.3 is 18.8 Å². The fourth-order valence-electron chi connectivity index (χ4n) is 4.44. The highest BCUT2D eigenvalue weighted by Gasteiger charge is 2.28. The maximum absolute atomic E-state index is 13.2. The summed E-state index contributed by atoms with van der Waals surface area (Å²) < 4.78 is 71.3. The zero-order valence-electron chi connectivity index (χ0n) is 19.5. The van der Waals surface area contributed by atoms with Gasteiger partial charge in [0.15, 0.2) is 5.16 Å². The number of morpholine rings is 1. The van der Waals surface area contributed by atoms with Gasteiger partial charge in [0.05, 0.1) is 41.8 Å². The van der Waals surface area contributed by atoms with Crippen LogP contribution in [0.15, 0.2) is 52.5 Å². The molecule has 2 saturated heterocycles. The molecule has 3 aromatic rings. The van der Waals surface area contributed by atoms with Crippen molar-refractivity contribution in [1.29, 1.82) is 0 Å². The lowest BCUT2D eigenvalue weighted by atomic mass is 10.2. The van der Waals surface area contributed by atoms with Gasteiger partial charge in [-0.2, -0.15) is 13.1 Å². The second-order valence-electron chi connectivity index (χ2n) is 8.58. The average molecular weight is 540 g/mol. The van der Waals surface area contributed by atoms with Crippen molar-refractivity contribution >= 4 is 32.8 Å². The number of halogens is 2. The number of hydrogen-bond donors (Lipinski definition) is 0. The maximum atomic E-state index is 13.2. The molecule has 2 fully saturated rings. The molecule has 194 valence electrons. The Bertz CT molecular complexity index is 1310. The van der Waals surface area contributed by atoms with Crippen molar-refractivity contribution < 1.29 is 31.4 Å². The Morgan fingerprint density at radius 3 is 2.69 bits per heavy atom. The van der Waals surface area contributed by atoms with E-state index in [2.05, 4.69) is 4.74 Å². The first-order valence-electron chi connectivity index (χ1n) is 11.8. The van der Waals surface area contributed by atoms with Crippen molar-refractivity contribution in [2.24, 2.45) is 0 Å². The summed E-state index contributed by atoms with van der Waals surface area (Å²) in [6.45, 7) is -0.260. The Labute approximate surface area is 212 Å². The van der Waals surface area contributed by atoms with Crippen molar-refractivity contribution in [3.05, 3.63) is 48.0 Å². The number of aromatic nitrogens is 2. The number of ether oxygens (including phenoxy) is 3. The summed E-state index contributed by atoms with van der Waals surface area (Å²) in [4.78, 5) is 4.94. The molecule has 0 N–H and O–H groups in total. The highest BCUT2D eigenvalue weighted by molar-refractivity contribution is 7.98. The molecule has 0 bridgehead atoms. The van der Waals surface area contributed by atoms with Crippen molar-refractivity contribution in [3.8, 4) is 5.75 Å². The zero-order valence-corrected chi connectivity index (χ0v) is 21.1. The highest BCUT2D eigenvalue weighted by Crippen LogP contribution is 2.33. The Balaban J connectivity index is 1.46. The predicted molar refractivity (Wildman–Crippen MR) is 131 cm³/mol. The normalized spacial score (nSPS) is 19.4. The second-order valence-corrected chi connectivity index (χ2v) is 11.5. The van der Waals surface area contributed by atoms with E-state index in [9.17, 15) is 17.2 Å². The third kappa shape index (κ3) is 5.52. The minimum Gasteiger partial charge on any atom is -0.435 e. The molecule has 0 unspecified atom stereocenters. The van der Waals surface area contributed by atoms with E-state index >= 15 is 0 Å². The van der Waals surface area contributed by atoms with Crippen LogP contribution >= 0.6 is 11.8 Å². The lowest BCUT2D eigenvalue weighted by Gasteiger charge is -2.26. The molecule has 2 aliphatic rings. The van der Waals surface area contributed by atoms with Gasteiger partial charge in [-0.25, -0.2) is 13.4 Å². The molecule has 2 aromatic carbocycles. The van der Waals surface area contributed by atoms with E-state index < -0.39 is 16.6 Å². The summed E-state index contributed by atoms with van der Waals surface area (Å²) in [5.74, 6) is 0.483. The third-order valence-corrected chi connectivity index (χ3v) is 9.17. The van der Waals surface area contributed by atoms with Crippen molar-refractivity contribution in [2.75, 3.05) is 32.9 Å². The summed E-state index contributed by atoms with van der Waals surface area (Å²) in [6, 6.07) is 11.7. The minimum absolute atomic E-state index is 0.0352. The first-order valence-corrected chi connectivity index (χ1v) is 14.2. The molecular weight excluding hydrogens is 512 g/mol. The van der Waals surface area contributed by atoms with Crippen LogP contribution in [0.1, 0.15) is 18.4 Å². The van der Waals surface area contributed by atoms with Crippen LogP contribution in [0.4, 0.5) is 8.78 Å². The number of thioether (sulfide) groups is 1. The molecular formula is C24H27F2N3O5S2. The number of rotatable bonds is 9. The van der Waals surface area contributed by atoms with E-state index in [-0.39, 0.29) is 16.7 Å². The molecule has 1 aromatic heterocycles. The Kier molecular flexibility index (Phi) is 7.77. The fraction of sp³-hybridized carbons (Fsp3) is 0.458. The minimum atomic E-state index is -3.67. The lowest BCUT2D eigenvalue weighted by Crippen LogP contribution is -2.40. The average Bonchev–Trinajstić information content (AvgIpc) is 3.51. The van der Waals surface area contributed by atoms with Gasteiger partial charge in [0.1, 0.15) is 5.75 Å². The van der Waals surface area contributed by atoms with Crippen LogP contribution < -0.4 is 4.74 Å². The SMILES string of the molecule is O=S(=O)(c1ccc2c(c1)nc(SCc1ccccc1OC(F)F)n2C[C@H]1CCCO1)N1CCOCC1. The van der Waals surface area contributed by atoms with E-state index in [0.29, 0.717) is 61.4 Å². The van der Waals surface area contributed by atoms with E-state index in [1.807, 2.05) is 4.57 Å². The standard InChI is InChI=1S/C24H27F2N3O5S2/c25-23(26)34-22-6-2-1-4-17(22)16-35-24-27-20-14-19(36(30,31)28-9-12-32-13-10-28)7-8-21(20)29(24)15-18-5-3-11-33-18/h1-2,4,6-8,14,18,23H,3,5,9-13,15-16H2/t18-/m1/s1. The molecule has 12 heteroatoms. The van der Waals surface area contributed by atoms with Gasteiger partial charge in [0.2, 0.25) is 10.0 Å². The Morgan fingerprint density at radius 1 is 1.14 bits per heavy atom. The van der Waals surface area contributed by atoms with Gasteiger partial charge in [0.25, 0.3) is 0 Å². The third-order valence-electron chi connectivity index (χ3n) is 6.25. The van der Waals surface area contributed by atoms with E-state index in [1.54, 1.807) is 36.4 Å². The summed E-state index contributed by atoms with van der Waals surface area (Å²) in [7, 11) is -3.67. The fourth-order valence-corrected chi connectivity index (χ4v) is 6.88. The molecule has 2 aliphatic heterocycles. The van der Waals surface area contributed by atoms with Crippen molar-refractivity contribution in [1.82, 2.24) is 13.9 Å². The molecule has 8 nitrogen and oxygen atoms in total. The number of fused-ring (bicyclic) bond motifs is 1. The van der Waals surface area contributed by atoms with Gasteiger partial charge in [-0.1, -0.05) is 30.0 Å². The number of para-hydroxylation sites is 1. The number of nitrogens with zero attached hydrogens (tertiary/aromatic N) is 3. The largest absolute Gasteiger partial charge is 0.435 e. The van der Waals surface area contributed by atoms with Gasteiger partial charge in [-0.3, -0.25) is 0 Å².